The van der Waals surface area contributed by atoms with Gasteiger partial charge in [-0.25, -0.2) is 9.36 Å². The van der Waals surface area contributed by atoms with Crippen LogP contribution in [-0.4, -0.2) is 47.4 Å². The van der Waals surface area contributed by atoms with Gasteiger partial charge in [0.15, 0.2) is 5.76 Å². The van der Waals surface area contributed by atoms with Crippen molar-refractivity contribution in [3.05, 3.63) is 88.1 Å². The van der Waals surface area contributed by atoms with Crippen LogP contribution in [0.2, 0.25) is 0 Å². The summed E-state index contributed by atoms with van der Waals surface area (Å²) < 4.78 is 12.3. The summed E-state index contributed by atoms with van der Waals surface area (Å²) in [5.41, 5.74) is 1.96. The van der Waals surface area contributed by atoms with Gasteiger partial charge in [0, 0.05) is 26.1 Å². The molecule has 3 aromatic rings. The first-order chi connectivity index (χ1) is 14.2. The van der Waals surface area contributed by atoms with Gasteiger partial charge in [-0.1, -0.05) is 60.7 Å². The SMILES string of the molecule is O=c1oc(Cc2ccccc2)c(O)n1C(CCN1CCOCC1)c1ccccc1. The molecule has 0 saturated carbocycles. The molecule has 1 atom stereocenters. The molecule has 1 unspecified atom stereocenters. The molecule has 29 heavy (non-hydrogen) atoms. The van der Waals surface area contributed by atoms with Crippen molar-refractivity contribution in [1.29, 1.82) is 0 Å². The van der Waals surface area contributed by atoms with Crippen LogP contribution < -0.4 is 5.76 Å². The lowest BCUT2D eigenvalue weighted by molar-refractivity contribution is 0.0360. The fourth-order valence-electron chi connectivity index (χ4n) is 3.84. The minimum Gasteiger partial charge on any atom is -0.492 e. The number of hydrogen-bond donors (Lipinski definition) is 1. The van der Waals surface area contributed by atoms with Crippen molar-refractivity contribution in [3.8, 4) is 5.88 Å². The van der Waals surface area contributed by atoms with Crippen LogP contribution >= 0.6 is 0 Å². The molecular weight excluding hydrogens is 368 g/mol. The van der Waals surface area contributed by atoms with Gasteiger partial charge in [-0.05, 0) is 17.5 Å². The van der Waals surface area contributed by atoms with Crippen molar-refractivity contribution in [2.45, 2.75) is 18.9 Å². The van der Waals surface area contributed by atoms with Gasteiger partial charge >= 0.3 is 5.76 Å². The van der Waals surface area contributed by atoms with E-state index in [9.17, 15) is 9.90 Å². The summed E-state index contributed by atoms with van der Waals surface area (Å²) in [5, 5.41) is 10.9. The van der Waals surface area contributed by atoms with E-state index in [2.05, 4.69) is 4.90 Å². The summed E-state index contributed by atoms with van der Waals surface area (Å²) in [6.07, 6.45) is 1.07. The van der Waals surface area contributed by atoms with Gasteiger partial charge in [0.2, 0.25) is 5.88 Å². The van der Waals surface area contributed by atoms with Crippen LogP contribution in [0, 0.1) is 0 Å². The lowest BCUT2D eigenvalue weighted by atomic mass is 10.0. The maximum atomic E-state index is 12.7. The molecule has 0 radical (unpaired) electrons. The van der Waals surface area contributed by atoms with E-state index in [0.29, 0.717) is 18.6 Å². The first-order valence-electron chi connectivity index (χ1n) is 10.0. The average molecular weight is 394 g/mol. The minimum absolute atomic E-state index is 0.0883. The van der Waals surface area contributed by atoms with E-state index in [1.807, 2.05) is 60.7 Å². The number of morpholine rings is 1. The van der Waals surface area contributed by atoms with Gasteiger partial charge in [-0.3, -0.25) is 4.90 Å². The maximum Gasteiger partial charge on any atom is 0.422 e. The Morgan fingerprint density at radius 3 is 2.31 bits per heavy atom. The molecule has 6 heteroatoms. The second-order valence-corrected chi connectivity index (χ2v) is 7.32. The Morgan fingerprint density at radius 2 is 1.62 bits per heavy atom. The summed E-state index contributed by atoms with van der Waals surface area (Å²) in [4.78, 5) is 15.0. The van der Waals surface area contributed by atoms with Crippen LogP contribution in [0.3, 0.4) is 0 Å². The van der Waals surface area contributed by atoms with E-state index < -0.39 is 5.76 Å². The van der Waals surface area contributed by atoms with Crippen molar-refractivity contribution < 1.29 is 14.3 Å². The molecule has 1 N–H and O–H groups in total. The lowest BCUT2D eigenvalue weighted by Gasteiger charge is -2.28. The van der Waals surface area contributed by atoms with E-state index >= 15 is 0 Å². The number of rotatable bonds is 7. The molecule has 1 aliphatic rings. The Hall–Kier alpha value is -2.83. The van der Waals surface area contributed by atoms with Gasteiger partial charge in [0.1, 0.15) is 0 Å². The third-order valence-electron chi connectivity index (χ3n) is 5.41. The zero-order valence-corrected chi connectivity index (χ0v) is 16.4. The van der Waals surface area contributed by atoms with Gasteiger partial charge in [-0.15, -0.1) is 0 Å². The largest absolute Gasteiger partial charge is 0.492 e. The van der Waals surface area contributed by atoms with Crippen molar-refractivity contribution in [2.75, 3.05) is 32.8 Å². The molecule has 0 bridgehead atoms. The Labute approximate surface area is 170 Å². The Bertz CT molecular complexity index is 960. The monoisotopic (exact) mass is 394 g/mol. The first kappa shape index (κ1) is 19.5. The normalized spacial score (nSPS) is 16.0. The second-order valence-electron chi connectivity index (χ2n) is 7.32. The van der Waals surface area contributed by atoms with Crippen LogP contribution in [0.4, 0.5) is 0 Å². The number of oxazole rings is 1. The fraction of sp³-hybridized carbons (Fsp3) is 0.348. The zero-order chi connectivity index (χ0) is 20.1. The van der Waals surface area contributed by atoms with Crippen molar-refractivity contribution in [2.24, 2.45) is 0 Å². The van der Waals surface area contributed by atoms with Crippen molar-refractivity contribution >= 4 is 0 Å². The van der Waals surface area contributed by atoms with Crippen LogP contribution in [0.5, 0.6) is 5.88 Å². The highest BCUT2D eigenvalue weighted by atomic mass is 16.5. The molecule has 0 aliphatic carbocycles. The van der Waals surface area contributed by atoms with E-state index in [-0.39, 0.29) is 11.9 Å². The standard InChI is InChI=1S/C23H26N2O4/c26-22-21(17-18-7-3-1-4-8-18)29-23(27)25(22)20(19-9-5-2-6-10-19)11-12-24-13-15-28-16-14-24/h1-10,20,26H,11-17H2. The molecule has 1 fully saturated rings. The van der Waals surface area contributed by atoms with E-state index in [4.69, 9.17) is 9.15 Å². The molecule has 152 valence electrons. The molecule has 0 amide bonds. The fourth-order valence-corrected chi connectivity index (χ4v) is 3.84. The summed E-state index contributed by atoms with van der Waals surface area (Å²) in [7, 11) is 0. The Balaban J connectivity index is 1.62. The van der Waals surface area contributed by atoms with Crippen LogP contribution in [0.1, 0.15) is 29.3 Å². The summed E-state index contributed by atoms with van der Waals surface area (Å²) in [6.45, 7) is 4.04. The van der Waals surface area contributed by atoms with Gasteiger partial charge < -0.3 is 14.3 Å². The lowest BCUT2D eigenvalue weighted by Crippen LogP contribution is -2.38. The molecule has 0 spiro atoms. The Kier molecular flexibility index (Phi) is 6.12. The van der Waals surface area contributed by atoms with E-state index in [0.717, 1.165) is 44.0 Å². The topological polar surface area (TPSA) is 67.8 Å². The molecule has 1 saturated heterocycles. The van der Waals surface area contributed by atoms with Crippen LogP contribution in [0.25, 0.3) is 0 Å². The van der Waals surface area contributed by atoms with E-state index in [1.165, 1.54) is 4.57 Å². The summed E-state index contributed by atoms with van der Waals surface area (Å²) in [6, 6.07) is 19.2. The first-order valence-corrected chi connectivity index (χ1v) is 10.0. The summed E-state index contributed by atoms with van der Waals surface area (Å²) >= 11 is 0. The maximum absolute atomic E-state index is 12.7. The second kappa shape index (κ2) is 9.11. The zero-order valence-electron chi connectivity index (χ0n) is 16.4. The third-order valence-corrected chi connectivity index (χ3v) is 5.41. The molecule has 4 rings (SSSR count). The molecular formula is C23H26N2O4. The smallest absolute Gasteiger partial charge is 0.422 e. The predicted octanol–water partition coefficient (Wildman–Crippen LogP) is 3.05. The average Bonchev–Trinajstić information content (AvgIpc) is 3.04. The van der Waals surface area contributed by atoms with Crippen molar-refractivity contribution in [1.82, 2.24) is 9.47 Å². The molecule has 6 nitrogen and oxygen atoms in total. The number of benzene rings is 2. The van der Waals surface area contributed by atoms with Crippen molar-refractivity contribution in [3.63, 3.8) is 0 Å². The summed E-state index contributed by atoms with van der Waals surface area (Å²) in [5.74, 6) is -0.313. The molecule has 2 aromatic carbocycles. The number of ether oxygens (including phenoxy) is 1. The molecule has 2 heterocycles. The number of hydrogen-bond acceptors (Lipinski definition) is 5. The molecule has 1 aromatic heterocycles. The predicted molar refractivity (Wildman–Crippen MR) is 110 cm³/mol. The van der Waals surface area contributed by atoms with Gasteiger partial charge in [0.05, 0.1) is 19.3 Å². The Morgan fingerprint density at radius 1 is 0.966 bits per heavy atom. The van der Waals surface area contributed by atoms with Gasteiger partial charge in [0.25, 0.3) is 0 Å². The quantitative estimate of drug-likeness (QED) is 0.667. The van der Waals surface area contributed by atoms with Crippen LogP contribution in [0.15, 0.2) is 69.9 Å². The highest BCUT2D eigenvalue weighted by molar-refractivity contribution is 5.28. The number of aromatic hydroxyl groups is 1. The number of aromatic nitrogens is 1. The van der Waals surface area contributed by atoms with Gasteiger partial charge in [-0.2, -0.15) is 0 Å². The third kappa shape index (κ3) is 4.60. The highest BCUT2D eigenvalue weighted by Crippen LogP contribution is 2.29. The number of nitrogens with zero attached hydrogens (tertiary/aromatic N) is 2. The highest BCUT2D eigenvalue weighted by Gasteiger charge is 2.25. The minimum atomic E-state index is -0.524. The van der Waals surface area contributed by atoms with Crippen LogP contribution in [-0.2, 0) is 11.2 Å². The molecule has 1 aliphatic heterocycles. The van der Waals surface area contributed by atoms with E-state index in [1.54, 1.807) is 0 Å².